The van der Waals surface area contributed by atoms with E-state index in [-0.39, 0.29) is 18.2 Å². The fourth-order valence-electron chi connectivity index (χ4n) is 1.67. The molecule has 6 nitrogen and oxygen atoms in total. The number of hydrogen-bond acceptors (Lipinski definition) is 3. The van der Waals surface area contributed by atoms with Crippen molar-refractivity contribution < 1.29 is 19.5 Å². The van der Waals surface area contributed by atoms with Crippen LogP contribution in [0.25, 0.3) is 0 Å². The molecular weight excluding hydrogens is 212 g/mol. The van der Waals surface area contributed by atoms with Crippen LogP contribution in [0, 0.1) is 5.92 Å². The predicted octanol–water partition coefficient (Wildman–Crippen LogP) is -0.604. The van der Waals surface area contributed by atoms with E-state index in [1.165, 1.54) is 23.8 Å². The molecule has 0 aliphatic carbocycles. The molecule has 2 unspecified atom stereocenters. The SMILES string of the molecule is CC(C(=O)O)N(C)C(=O)C1CC(=O)N(C)C1. The van der Waals surface area contributed by atoms with Crippen LogP contribution in [0.1, 0.15) is 13.3 Å². The second kappa shape index (κ2) is 4.51. The number of likely N-dealkylation sites (N-methyl/N-ethyl adjacent to an activating group) is 1. The Labute approximate surface area is 93.8 Å². The van der Waals surface area contributed by atoms with Crippen molar-refractivity contribution in [2.24, 2.45) is 5.92 Å². The Morgan fingerprint density at radius 3 is 2.50 bits per heavy atom. The van der Waals surface area contributed by atoms with Crippen molar-refractivity contribution in [2.75, 3.05) is 20.6 Å². The summed E-state index contributed by atoms with van der Waals surface area (Å²) in [5, 5.41) is 8.78. The predicted molar refractivity (Wildman–Crippen MR) is 55.6 cm³/mol. The first-order valence-corrected chi connectivity index (χ1v) is 5.08. The van der Waals surface area contributed by atoms with Gasteiger partial charge in [0.25, 0.3) is 0 Å². The molecule has 1 saturated heterocycles. The van der Waals surface area contributed by atoms with Gasteiger partial charge in [0.15, 0.2) is 0 Å². The maximum atomic E-state index is 11.9. The summed E-state index contributed by atoms with van der Waals surface area (Å²) < 4.78 is 0. The van der Waals surface area contributed by atoms with Gasteiger partial charge in [-0.15, -0.1) is 0 Å². The summed E-state index contributed by atoms with van der Waals surface area (Å²) >= 11 is 0. The Hall–Kier alpha value is -1.59. The lowest BCUT2D eigenvalue weighted by molar-refractivity contribution is -0.149. The molecule has 16 heavy (non-hydrogen) atoms. The van der Waals surface area contributed by atoms with Crippen LogP contribution in [0.2, 0.25) is 0 Å². The number of aliphatic carboxylic acids is 1. The molecule has 6 heteroatoms. The minimum absolute atomic E-state index is 0.0743. The summed E-state index contributed by atoms with van der Waals surface area (Å²) in [5.74, 6) is -1.82. The van der Waals surface area contributed by atoms with E-state index in [2.05, 4.69) is 0 Å². The molecule has 1 rings (SSSR count). The van der Waals surface area contributed by atoms with Gasteiger partial charge in [-0.2, -0.15) is 0 Å². The monoisotopic (exact) mass is 228 g/mol. The number of carbonyl (C=O) groups is 3. The fraction of sp³-hybridized carbons (Fsp3) is 0.700. The largest absolute Gasteiger partial charge is 0.480 e. The molecular formula is C10H16N2O4. The Morgan fingerprint density at radius 1 is 1.56 bits per heavy atom. The Morgan fingerprint density at radius 2 is 2.12 bits per heavy atom. The first-order valence-electron chi connectivity index (χ1n) is 5.08. The summed E-state index contributed by atoms with van der Waals surface area (Å²) in [6.45, 7) is 1.81. The third-order valence-corrected chi connectivity index (χ3v) is 2.98. The summed E-state index contributed by atoms with van der Waals surface area (Å²) in [6.07, 6.45) is 0.173. The number of nitrogens with zero attached hydrogens (tertiary/aromatic N) is 2. The first-order chi connectivity index (χ1) is 7.34. The van der Waals surface area contributed by atoms with E-state index in [1.54, 1.807) is 7.05 Å². The number of likely N-dealkylation sites (tertiary alicyclic amines) is 1. The number of carboxylic acid groups (broad SMARTS) is 1. The average Bonchev–Trinajstić information content (AvgIpc) is 2.55. The Balaban J connectivity index is 2.65. The quantitative estimate of drug-likeness (QED) is 0.699. The maximum absolute atomic E-state index is 11.9. The highest BCUT2D eigenvalue weighted by Crippen LogP contribution is 2.18. The highest BCUT2D eigenvalue weighted by Gasteiger charge is 2.35. The molecule has 1 fully saturated rings. The van der Waals surface area contributed by atoms with E-state index in [0.29, 0.717) is 6.54 Å². The van der Waals surface area contributed by atoms with E-state index in [1.807, 2.05) is 0 Å². The van der Waals surface area contributed by atoms with Gasteiger partial charge in [-0.05, 0) is 6.92 Å². The first kappa shape index (κ1) is 12.5. The molecule has 2 atom stereocenters. The van der Waals surface area contributed by atoms with Gasteiger partial charge in [0.1, 0.15) is 6.04 Å². The van der Waals surface area contributed by atoms with Crippen LogP contribution in [0.3, 0.4) is 0 Å². The topological polar surface area (TPSA) is 77.9 Å². The van der Waals surface area contributed by atoms with Crippen LogP contribution < -0.4 is 0 Å². The summed E-state index contributed by atoms with van der Waals surface area (Å²) in [7, 11) is 3.08. The van der Waals surface area contributed by atoms with Gasteiger partial charge in [0, 0.05) is 27.1 Å². The van der Waals surface area contributed by atoms with E-state index in [9.17, 15) is 14.4 Å². The molecule has 2 amide bonds. The molecule has 0 radical (unpaired) electrons. The van der Waals surface area contributed by atoms with Gasteiger partial charge < -0.3 is 14.9 Å². The Bertz CT molecular complexity index is 325. The second-order valence-corrected chi connectivity index (χ2v) is 4.14. The van der Waals surface area contributed by atoms with Crippen LogP contribution in [0.4, 0.5) is 0 Å². The molecule has 1 aliphatic heterocycles. The zero-order valence-electron chi connectivity index (χ0n) is 9.64. The third-order valence-electron chi connectivity index (χ3n) is 2.98. The van der Waals surface area contributed by atoms with Gasteiger partial charge >= 0.3 is 5.97 Å². The van der Waals surface area contributed by atoms with E-state index in [4.69, 9.17) is 5.11 Å². The zero-order chi connectivity index (χ0) is 12.5. The summed E-state index contributed by atoms with van der Waals surface area (Å²) in [5.41, 5.74) is 0. The summed E-state index contributed by atoms with van der Waals surface area (Å²) in [4.78, 5) is 36.5. The number of amides is 2. The number of carbonyl (C=O) groups excluding carboxylic acids is 2. The van der Waals surface area contributed by atoms with Crippen molar-refractivity contribution in [2.45, 2.75) is 19.4 Å². The molecule has 1 N–H and O–H groups in total. The molecule has 0 aromatic carbocycles. The van der Waals surface area contributed by atoms with E-state index < -0.39 is 17.9 Å². The second-order valence-electron chi connectivity index (χ2n) is 4.14. The normalized spacial score (nSPS) is 22.1. The minimum atomic E-state index is -1.05. The van der Waals surface area contributed by atoms with Crippen LogP contribution in [0.15, 0.2) is 0 Å². The minimum Gasteiger partial charge on any atom is -0.480 e. The van der Waals surface area contributed by atoms with Crippen LogP contribution in [-0.4, -0.2) is 59.4 Å². The van der Waals surface area contributed by atoms with Crippen LogP contribution in [0.5, 0.6) is 0 Å². The lowest BCUT2D eigenvalue weighted by Crippen LogP contribution is -2.43. The molecule has 0 spiro atoms. The molecule has 1 heterocycles. The highest BCUT2D eigenvalue weighted by atomic mass is 16.4. The molecule has 0 aromatic rings. The van der Waals surface area contributed by atoms with Crippen molar-refractivity contribution >= 4 is 17.8 Å². The molecule has 0 saturated carbocycles. The van der Waals surface area contributed by atoms with Crippen LogP contribution >= 0.6 is 0 Å². The van der Waals surface area contributed by atoms with E-state index in [0.717, 1.165) is 0 Å². The van der Waals surface area contributed by atoms with Gasteiger partial charge in [-0.1, -0.05) is 0 Å². The van der Waals surface area contributed by atoms with Gasteiger partial charge in [0.05, 0.1) is 5.92 Å². The number of rotatable bonds is 3. The van der Waals surface area contributed by atoms with E-state index >= 15 is 0 Å². The standard InChI is InChI=1S/C10H16N2O4/c1-6(10(15)16)12(3)9(14)7-4-8(13)11(2)5-7/h6-7H,4-5H2,1-3H3,(H,15,16). The van der Waals surface area contributed by atoms with Crippen molar-refractivity contribution in [3.05, 3.63) is 0 Å². The number of hydrogen-bond donors (Lipinski definition) is 1. The molecule has 0 aromatic heterocycles. The van der Waals surface area contributed by atoms with Crippen molar-refractivity contribution in [3.63, 3.8) is 0 Å². The van der Waals surface area contributed by atoms with Crippen molar-refractivity contribution in [1.82, 2.24) is 9.80 Å². The number of carboxylic acids is 1. The lowest BCUT2D eigenvalue weighted by Gasteiger charge is -2.24. The summed E-state index contributed by atoms with van der Waals surface area (Å²) in [6, 6.07) is -0.867. The third kappa shape index (κ3) is 2.32. The molecule has 0 bridgehead atoms. The van der Waals surface area contributed by atoms with Gasteiger partial charge in [0.2, 0.25) is 11.8 Å². The molecule has 1 aliphatic rings. The van der Waals surface area contributed by atoms with Crippen molar-refractivity contribution in [1.29, 1.82) is 0 Å². The Kier molecular flexibility index (Phi) is 3.51. The van der Waals surface area contributed by atoms with Gasteiger partial charge in [-0.25, -0.2) is 4.79 Å². The van der Waals surface area contributed by atoms with Gasteiger partial charge in [-0.3, -0.25) is 9.59 Å². The average molecular weight is 228 g/mol. The smallest absolute Gasteiger partial charge is 0.326 e. The lowest BCUT2D eigenvalue weighted by atomic mass is 10.1. The van der Waals surface area contributed by atoms with Crippen molar-refractivity contribution in [3.8, 4) is 0 Å². The zero-order valence-corrected chi connectivity index (χ0v) is 9.64. The fourth-order valence-corrected chi connectivity index (χ4v) is 1.67. The maximum Gasteiger partial charge on any atom is 0.326 e. The highest BCUT2D eigenvalue weighted by molar-refractivity contribution is 5.91. The van der Waals surface area contributed by atoms with Crippen LogP contribution in [-0.2, 0) is 14.4 Å². The molecule has 90 valence electrons.